The zero-order chi connectivity index (χ0) is 17.2. The number of likely N-dealkylation sites (N-methyl/N-ethyl adjacent to an activating group) is 1. The number of benzene rings is 2. The summed E-state index contributed by atoms with van der Waals surface area (Å²) in [5.41, 5.74) is 1.27. The van der Waals surface area contributed by atoms with Crippen molar-refractivity contribution in [2.45, 2.75) is 11.8 Å². The third kappa shape index (κ3) is 3.03. The first-order valence-electron chi connectivity index (χ1n) is 7.54. The van der Waals surface area contributed by atoms with Gasteiger partial charge in [-0.3, -0.25) is 4.79 Å². The molecule has 0 saturated heterocycles. The molecule has 7 heteroatoms. The number of carbonyl (C=O) groups is 1. The fourth-order valence-corrected chi connectivity index (χ4v) is 3.67. The predicted octanol–water partition coefficient (Wildman–Crippen LogP) is 2.28. The molecule has 2 aromatic carbocycles. The van der Waals surface area contributed by atoms with Crippen LogP contribution in [0.4, 0.5) is 11.4 Å². The Morgan fingerprint density at radius 2 is 1.75 bits per heavy atom. The molecule has 0 spiro atoms. The number of amides is 1. The van der Waals surface area contributed by atoms with Crippen LogP contribution in [-0.2, 0) is 14.8 Å². The lowest BCUT2D eigenvalue weighted by atomic mass is 10.2. The smallest absolute Gasteiger partial charge is 0.285 e. The van der Waals surface area contributed by atoms with Crippen molar-refractivity contribution in [3.8, 4) is 0 Å². The quantitative estimate of drug-likeness (QED) is 0.854. The largest absolute Gasteiger partial charge is 0.321 e. The highest BCUT2D eigenvalue weighted by Gasteiger charge is 2.27. The van der Waals surface area contributed by atoms with Crippen LogP contribution >= 0.6 is 0 Å². The van der Waals surface area contributed by atoms with Gasteiger partial charge in [0.15, 0.2) is 0 Å². The Morgan fingerprint density at radius 1 is 1.08 bits per heavy atom. The van der Waals surface area contributed by atoms with E-state index in [9.17, 15) is 13.2 Å². The molecule has 0 aromatic heterocycles. The van der Waals surface area contributed by atoms with E-state index in [1.165, 1.54) is 12.4 Å². The first kappa shape index (κ1) is 16.2. The van der Waals surface area contributed by atoms with Gasteiger partial charge in [-0.05, 0) is 31.2 Å². The number of anilines is 2. The predicted molar refractivity (Wildman–Crippen MR) is 93.9 cm³/mol. The van der Waals surface area contributed by atoms with Crippen LogP contribution < -0.4 is 9.80 Å². The minimum atomic E-state index is -3.69. The summed E-state index contributed by atoms with van der Waals surface area (Å²) in [6, 6.07) is 15.9. The summed E-state index contributed by atoms with van der Waals surface area (Å²) in [5.74, 6) is -0.135. The molecular weight excluding hydrogens is 326 g/mol. The van der Waals surface area contributed by atoms with Crippen molar-refractivity contribution in [3.05, 3.63) is 54.6 Å². The van der Waals surface area contributed by atoms with E-state index in [-0.39, 0.29) is 17.3 Å². The molecule has 2 aromatic rings. The van der Waals surface area contributed by atoms with Crippen molar-refractivity contribution in [2.75, 3.05) is 22.9 Å². The molecule has 1 aliphatic heterocycles. The van der Waals surface area contributed by atoms with E-state index >= 15 is 0 Å². The normalized spacial score (nSPS) is 15.0. The summed E-state index contributed by atoms with van der Waals surface area (Å²) in [5, 5.41) is 0. The lowest BCUT2D eigenvalue weighted by molar-refractivity contribution is -0.117. The molecule has 0 aliphatic carbocycles. The Balaban J connectivity index is 1.87. The van der Waals surface area contributed by atoms with Crippen LogP contribution in [0.15, 0.2) is 63.9 Å². The van der Waals surface area contributed by atoms with E-state index in [0.717, 1.165) is 5.69 Å². The summed E-state index contributed by atoms with van der Waals surface area (Å²) < 4.78 is 27.6. The van der Waals surface area contributed by atoms with Gasteiger partial charge in [-0.25, -0.2) is 0 Å². The van der Waals surface area contributed by atoms with E-state index in [1.807, 2.05) is 37.3 Å². The van der Waals surface area contributed by atoms with E-state index in [4.69, 9.17) is 0 Å². The van der Waals surface area contributed by atoms with Gasteiger partial charge >= 0.3 is 0 Å². The fourth-order valence-electron chi connectivity index (χ4n) is 2.62. The standard InChI is InChI=1S/C17H17N3O3S/c1-2-20(14-8-4-3-5-9-14)17(21)12-19-13-18-24(22,23)16-11-7-6-10-15(16)19/h3-11,13H,2,12H2,1H3. The number of carbonyl (C=O) groups excluding carboxylic acids is 1. The second-order valence-electron chi connectivity index (χ2n) is 5.27. The summed E-state index contributed by atoms with van der Waals surface area (Å²) in [7, 11) is -3.69. The van der Waals surface area contributed by atoms with Crippen molar-refractivity contribution in [1.29, 1.82) is 0 Å². The third-order valence-electron chi connectivity index (χ3n) is 3.77. The van der Waals surface area contributed by atoms with Crippen LogP contribution in [0.25, 0.3) is 0 Å². The van der Waals surface area contributed by atoms with Gasteiger partial charge in [0.25, 0.3) is 10.0 Å². The summed E-state index contributed by atoms with van der Waals surface area (Å²) in [4.78, 5) is 16.0. The van der Waals surface area contributed by atoms with E-state index in [1.54, 1.807) is 28.0 Å². The number of nitrogens with zero attached hydrogens (tertiary/aromatic N) is 3. The Labute approximate surface area is 141 Å². The number of sulfonamides is 1. The first-order valence-corrected chi connectivity index (χ1v) is 8.98. The molecule has 124 valence electrons. The Morgan fingerprint density at radius 3 is 2.46 bits per heavy atom. The van der Waals surface area contributed by atoms with Crippen molar-refractivity contribution in [1.82, 2.24) is 0 Å². The molecule has 24 heavy (non-hydrogen) atoms. The first-order chi connectivity index (χ1) is 11.5. The van der Waals surface area contributed by atoms with Crippen LogP contribution in [0.1, 0.15) is 6.92 Å². The highest BCUT2D eigenvalue weighted by atomic mass is 32.2. The SMILES string of the molecule is CCN(C(=O)CN1C=NS(=O)(=O)c2ccccc21)c1ccccc1. The minimum Gasteiger partial charge on any atom is -0.321 e. The fraction of sp³-hybridized carbons (Fsp3) is 0.176. The molecule has 0 fully saturated rings. The highest BCUT2D eigenvalue weighted by Crippen LogP contribution is 2.29. The molecule has 0 unspecified atom stereocenters. The molecule has 1 aliphatic rings. The van der Waals surface area contributed by atoms with Crippen LogP contribution in [0.3, 0.4) is 0 Å². The molecule has 6 nitrogen and oxygen atoms in total. The lowest BCUT2D eigenvalue weighted by Gasteiger charge is -2.28. The maximum atomic E-state index is 12.7. The van der Waals surface area contributed by atoms with Gasteiger partial charge < -0.3 is 9.80 Å². The Bertz CT molecular complexity index is 879. The zero-order valence-corrected chi connectivity index (χ0v) is 14.0. The molecule has 0 atom stereocenters. The maximum Gasteiger partial charge on any atom is 0.285 e. The monoisotopic (exact) mass is 343 g/mol. The molecule has 0 radical (unpaired) electrons. The summed E-state index contributed by atoms with van der Waals surface area (Å²) >= 11 is 0. The van der Waals surface area contributed by atoms with Crippen LogP contribution in [0.5, 0.6) is 0 Å². The van der Waals surface area contributed by atoms with E-state index in [2.05, 4.69) is 4.40 Å². The molecule has 1 heterocycles. The van der Waals surface area contributed by atoms with Gasteiger partial charge in [-0.15, -0.1) is 4.40 Å². The molecule has 1 amide bonds. The molecule has 0 saturated carbocycles. The highest BCUT2D eigenvalue weighted by molar-refractivity contribution is 7.90. The number of hydrogen-bond donors (Lipinski definition) is 0. The maximum absolute atomic E-state index is 12.7. The average molecular weight is 343 g/mol. The number of fused-ring (bicyclic) bond motifs is 1. The van der Waals surface area contributed by atoms with E-state index in [0.29, 0.717) is 12.2 Å². The van der Waals surface area contributed by atoms with Crippen LogP contribution in [0, 0.1) is 0 Å². The molecule has 0 N–H and O–H groups in total. The number of para-hydroxylation sites is 2. The van der Waals surface area contributed by atoms with Gasteiger partial charge in [0.1, 0.15) is 17.8 Å². The number of rotatable bonds is 4. The molecule has 0 bridgehead atoms. The van der Waals surface area contributed by atoms with E-state index < -0.39 is 10.0 Å². The molecular formula is C17H17N3O3S. The zero-order valence-electron chi connectivity index (χ0n) is 13.2. The Hall–Kier alpha value is -2.67. The second kappa shape index (κ2) is 6.45. The second-order valence-corrected chi connectivity index (χ2v) is 6.87. The summed E-state index contributed by atoms with van der Waals surface area (Å²) in [6.45, 7) is 2.43. The summed E-state index contributed by atoms with van der Waals surface area (Å²) in [6.07, 6.45) is 1.20. The van der Waals surface area contributed by atoms with Gasteiger partial charge in [0.2, 0.25) is 5.91 Å². The van der Waals surface area contributed by atoms with Gasteiger partial charge in [-0.1, -0.05) is 30.3 Å². The number of hydrogen-bond acceptors (Lipinski definition) is 4. The van der Waals surface area contributed by atoms with Crippen LogP contribution in [0.2, 0.25) is 0 Å². The van der Waals surface area contributed by atoms with Crippen molar-refractivity contribution >= 4 is 33.6 Å². The average Bonchev–Trinajstić information content (AvgIpc) is 2.59. The van der Waals surface area contributed by atoms with Gasteiger partial charge in [0, 0.05) is 12.2 Å². The lowest BCUT2D eigenvalue weighted by Crippen LogP contribution is -2.41. The molecule has 3 rings (SSSR count). The van der Waals surface area contributed by atoms with Gasteiger partial charge in [-0.2, -0.15) is 8.42 Å². The topological polar surface area (TPSA) is 70.1 Å². The van der Waals surface area contributed by atoms with Crippen molar-refractivity contribution < 1.29 is 13.2 Å². The third-order valence-corrected chi connectivity index (χ3v) is 5.04. The Kier molecular flexibility index (Phi) is 4.35. The minimum absolute atomic E-state index is 0.0127. The van der Waals surface area contributed by atoms with Gasteiger partial charge in [0.05, 0.1) is 5.69 Å². The van der Waals surface area contributed by atoms with Crippen molar-refractivity contribution in [3.63, 3.8) is 0 Å². The van der Waals surface area contributed by atoms with Crippen molar-refractivity contribution in [2.24, 2.45) is 4.40 Å². The van der Waals surface area contributed by atoms with Crippen LogP contribution in [-0.4, -0.2) is 33.8 Å².